The molecule has 1 unspecified atom stereocenters. The van der Waals surface area contributed by atoms with Crippen molar-refractivity contribution in [1.29, 1.82) is 0 Å². The van der Waals surface area contributed by atoms with Crippen molar-refractivity contribution >= 4 is 10.0 Å². The number of piperazine rings is 1. The van der Waals surface area contributed by atoms with Crippen LogP contribution < -0.4 is 10.1 Å². The number of fused-ring (bicyclic) bond motifs is 1. The molecule has 2 heterocycles. The molecule has 2 aliphatic rings. The van der Waals surface area contributed by atoms with Gasteiger partial charge in [0, 0.05) is 25.7 Å². The van der Waals surface area contributed by atoms with Crippen LogP contribution in [0.3, 0.4) is 0 Å². The van der Waals surface area contributed by atoms with E-state index in [0.29, 0.717) is 31.1 Å². The molecule has 20 heavy (non-hydrogen) atoms. The second-order valence-electron chi connectivity index (χ2n) is 5.44. The molecule has 0 radical (unpaired) electrons. The van der Waals surface area contributed by atoms with E-state index >= 15 is 0 Å². The van der Waals surface area contributed by atoms with Crippen LogP contribution in [0.5, 0.6) is 5.75 Å². The highest BCUT2D eigenvalue weighted by atomic mass is 32.2. The molecule has 6 heteroatoms. The van der Waals surface area contributed by atoms with Gasteiger partial charge >= 0.3 is 0 Å². The first-order valence-corrected chi connectivity index (χ1v) is 8.50. The maximum absolute atomic E-state index is 12.7. The largest absolute Gasteiger partial charge is 0.493 e. The summed E-state index contributed by atoms with van der Waals surface area (Å²) in [5.74, 6) is 0.823. The lowest BCUT2D eigenvalue weighted by molar-refractivity contribution is 0.287. The van der Waals surface area contributed by atoms with Gasteiger partial charge in [0.25, 0.3) is 0 Å². The summed E-state index contributed by atoms with van der Waals surface area (Å²) in [7, 11) is -3.39. The number of sulfonamides is 1. The predicted molar refractivity (Wildman–Crippen MR) is 76.5 cm³/mol. The molecule has 0 bridgehead atoms. The molecule has 1 saturated heterocycles. The molecule has 0 spiro atoms. The molecular formula is C14H20N2O3S. The first kappa shape index (κ1) is 13.9. The Balaban J connectivity index is 1.90. The SMILES string of the molecule is CC1CN(S(=O)(=O)c2ccc3c(c2)CCCO3)CCN1. The zero-order valence-electron chi connectivity index (χ0n) is 11.6. The lowest BCUT2D eigenvalue weighted by atomic mass is 10.1. The zero-order valence-corrected chi connectivity index (χ0v) is 12.4. The predicted octanol–water partition coefficient (Wildman–Crippen LogP) is 0.994. The van der Waals surface area contributed by atoms with E-state index in [1.165, 1.54) is 0 Å². The van der Waals surface area contributed by atoms with Crippen LogP contribution in [0.25, 0.3) is 0 Å². The number of aryl methyl sites for hydroxylation is 1. The fourth-order valence-electron chi connectivity index (χ4n) is 2.76. The number of nitrogens with one attached hydrogen (secondary N) is 1. The maximum Gasteiger partial charge on any atom is 0.243 e. The molecule has 0 saturated carbocycles. The Kier molecular flexibility index (Phi) is 3.70. The molecule has 3 rings (SSSR count). The summed E-state index contributed by atoms with van der Waals surface area (Å²) in [5, 5.41) is 3.26. The Morgan fingerprint density at radius 1 is 1.40 bits per heavy atom. The molecule has 1 aromatic carbocycles. The Morgan fingerprint density at radius 3 is 3.05 bits per heavy atom. The van der Waals surface area contributed by atoms with Gasteiger partial charge in [-0.3, -0.25) is 0 Å². The first-order valence-electron chi connectivity index (χ1n) is 7.06. The van der Waals surface area contributed by atoms with Crippen LogP contribution in [0, 0.1) is 0 Å². The Labute approximate surface area is 120 Å². The molecule has 5 nitrogen and oxygen atoms in total. The minimum Gasteiger partial charge on any atom is -0.493 e. The van der Waals surface area contributed by atoms with Gasteiger partial charge in [0.15, 0.2) is 0 Å². The van der Waals surface area contributed by atoms with Crippen molar-refractivity contribution in [3.63, 3.8) is 0 Å². The lowest BCUT2D eigenvalue weighted by Gasteiger charge is -2.31. The van der Waals surface area contributed by atoms with Gasteiger partial charge in [-0.2, -0.15) is 4.31 Å². The first-order chi connectivity index (χ1) is 9.57. The van der Waals surface area contributed by atoms with E-state index in [0.717, 1.165) is 24.2 Å². The molecule has 0 aliphatic carbocycles. The van der Waals surface area contributed by atoms with Gasteiger partial charge in [-0.1, -0.05) is 0 Å². The normalized spacial score (nSPS) is 23.9. The standard InChI is InChI=1S/C14H20N2O3S/c1-11-10-16(7-6-15-11)20(17,18)13-4-5-14-12(9-13)3-2-8-19-14/h4-5,9,11,15H,2-3,6-8,10H2,1H3. The number of hydrogen-bond donors (Lipinski definition) is 1. The minimum atomic E-state index is -3.39. The van der Waals surface area contributed by atoms with E-state index < -0.39 is 10.0 Å². The molecular weight excluding hydrogens is 276 g/mol. The van der Waals surface area contributed by atoms with Crippen molar-refractivity contribution < 1.29 is 13.2 Å². The summed E-state index contributed by atoms with van der Waals surface area (Å²) in [4.78, 5) is 0.385. The van der Waals surface area contributed by atoms with Gasteiger partial charge in [0.05, 0.1) is 11.5 Å². The van der Waals surface area contributed by atoms with E-state index in [-0.39, 0.29) is 6.04 Å². The van der Waals surface area contributed by atoms with E-state index in [9.17, 15) is 8.42 Å². The summed E-state index contributed by atoms with van der Waals surface area (Å²) >= 11 is 0. The highest BCUT2D eigenvalue weighted by Crippen LogP contribution is 2.28. The second kappa shape index (κ2) is 5.35. The highest BCUT2D eigenvalue weighted by molar-refractivity contribution is 7.89. The maximum atomic E-state index is 12.7. The summed E-state index contributed by atoms with van der Waals surface area (Å²) in [6, 6.07) is 5.41. The molecule has 0 amide bonds. The number of hydrogen-bond acceptors (Lipinski definition) is 4. The highest BCUT2D eigenvalue weighted by Gasteiger charge is 2.29. The molecule has 2 aliphatic heterocycles. The van der Waals surface area contributed by atoms with Crippen LogP contribution in [0.4, 0.5) is 0 Å². The molecule has 0 aromatic heterocycles. The van der Waals surface area contributed by atoms with Gasteiger partial charge in [0.2, 0.25) is 10.0 Å². The Bertz CT molecular complexity index is 600. The van der Waals surface area contributed by atoms with Crippen LogP contribution in [0.2, 0.25) is 0 Å². The van der Waals surface area contributed by atoms with Crippen molar-refractivity contribution in [1.82, 2.24) is 9.62 Å². The van der Waals surface area contributed by atoms with E-state index in [4.69, 9.17) is 4.74 Å². The van der Waals surface area contributed by atoms with Gasteiger partial charge in [0.1, 0.15) is 5.75 Å². The monoisotopic (exact) mass is 296 g/mol. The van der Waals surface area contributed by atoms with Crippen LogP contribution in [-0.4, -0.2) is 45.0 Å². The van der Waals surface area contributed by atoms with Gasteiger partial charge in [-0.25, -0.2) is 8.42 Å². The topological polar surface area (TPSA) is 58.6 Å². The lowest BCUT2D eigenvalue weighted by Crippen LogP contribution is -2.51. The molecule has 1 aromatic rings. The van der Waals surface area contributed by atoms with E-state index in [1.807, 2.05) is 6.92 Å². The summed E-state index contributed by atoms with van der Waals surface area (Å²) in [5.41, 5.74) is 1.00. The number of rotatable bonds is 2. The Morgan fingerprint density at radius 2 is 2.25 bits per heavy atom. The number of ether oxygens (including phenoxy) is 1. The van der Waals surface area contributed by atoms with Gasteiger partial charge in [-0.15, -0.1) is 0 Å². The fourth-order valence-corrected chi connectivity index (χ4v) is 4.34. The van der Waals surface area contributed by atoms with Gasteiger partial charge in [-0.05, 0) is 43.5 Å². The zero-order chi connectivity index (χ0) is 14.2. The average Bonchev–Trinajstić information content (AvgIpc) is 2.46. The van der Waals surface area contributed by atoms with Crippen molar-refractivity contribution in [2.24, 2.45) is 0 Å². The third kappa shape index (κ3) is 2.55. The fraction of sp³-hybridized carbons (Fsp3) is 0.571. The van der Waals surface area contributed by atoms with Crippen LogP contribution >= 0.6 is 0 Å². The van der Waals surface area contributed by atoms with Crippen molar-refractivity contribution in [2.75, 3.05) is 26.2 Å². The summed E-state index contributed by atoms with van der Waals surface area (Å²) < 4.78 is 32.5. The smallest absolute Gasteiger partial charge is 0.243 e. The molecule has 110 valence electrons. The second-order valence-corrected chi connectivity index (χ2v) is 7.38. The van der Waals surface area contributed by atoms with Crippen LogP contribution in [-0.2, 0) is 16.4 Å². The minimum absolute atomic E-state index is 0.194. The van der Waals surface area contributed by atoms with Crippen LogP contribution in [0.15, 0.2) is 23.1 Å². The van der Waals surface area contributed by atoms with E-state index in [2.05, 4.69) is 5.32 Å². The molecule has 1 atom stereocenters. The van der Waals surface area contributed by atoms with E-state index in [1.54, 1.807) is 22.5 Å². The number of benzene rings is 1. The number of nitrogens with zero attached hydrogens (tertiary/aromatic N) is 1. The summed E-state index contributed by atoms with van der Waals surface area (Å²) in [6.07, 6.45) is 1.83. The van der Waals surface area contributed by atoms with Crippen molar-refractivity contribution in [3.05, 3.63) is 23.8 Å². The third-order valence-corrected chi connectivity index (χ3v) is 5.71. The summed E-state index contributed by atoms with van der Waals surface area (Å²) in [6.45, 7) is 4.47. The van der Waals surface area contributed by atoms with Crippen molar-refractivity contribution in [2.45, 2.75) is 30.7 Å². The van der Waals surface area contributed by atoms with Crippen LogP contribution in [0.1, 0.15) is 18.9 Å². The third-order valence-electron chi connectivity index (χ3n) is 3.85. The quantitative estimate of drug-likeness (QED) is 0.884. The Hall–Kier alpha value is -1.11. The van der Waals surface area contributed by atoms with Gasteiger partial charge < -0.3 is 10.1 Å². The van der Waals surface area contributed by atoms with Crippen molar-refractivity contribution in [3.8, 4) is 5.75 Å². The molecule has 1 fully saturated rings. The average molecular weight is 296 g/mol. The molecule has 1 N–H and O–H groups in total.